The van der Waals surface area contributed by atoms with Gasteiger partial charge in [-0.05, 0) is 24.0 Å². The van der Waals surface area contributed by atoms with Crippen molar-refractivity contribution in [2.24, 2.45) is 0 Å². The first-order chi connectivity index (χ1) is 11.7. The molecule has 0 unspecified atom stereocenters. The van der Waals surface area contributed by atoms with Crippen molar-refractivity contribution in [1.82, 2.24) is 9.80 Å². The molecule has 0 spiro atoms. The summed E-state index contributed by atoms with van der Waals surface area (Å²) in [5, 5.41) is 0. The number of carbonyl (C=O) groups excluding carboxylic acids is 1. The number of para-hydroxylation sites is 1. The summed E-state index contributed by atoms with van der Waals surface area (Å²) in [6.45, 7) is 9.68. The molecule has 5 heteroatoms. The van der Waals surface area contributed by atoms with Crippen molar-refractivity contribution in [1.29, 1.82) is 0 Å². The number of carbonyl (C=O) groups is 1. The molecule has 1 aromatic carbocycles. The molecule has 1 aromatic rings. The summed E-state index contributed by atoms with van der Waals surface area (Å²) < 4.78 is 11.2. The maximum absolute atomic E-state index is 12.3. The third-order valence-electron chi connectivity index (χ3n) is 5.19. The largest absolute Gasteiger partial charge is 0.483 e. The monoisotopic (exact) mass is 332 g/mol. The third-order valence-corrected chi connectivity index (χ3v) is 5.19. The Kier molecular flexibility index (Phi) is 5.74. The summed E-state index contributed by atoms with van der Waals surface area (Å²) in [5.74, 6) is 1.36. The van der Waals surface area contributed by atoms with Crippen molar-refractivity contribution >= 4 is 5.91 Å². The van der Waals surface area contributed by atoms with Gasteiger partial charge in [-0.1, -0.05) is 32.0 Å². The van der Waals surface area contributed by atoms with Gasteiger partial charge in [-0.15, -0.1) is 0 Å². The standard InChI is InChI=1S/C19H28N2O3/c1-3-15(2)17-6-4-5-7-18(17)24-14-19(22)21-12-16(13-21)20-8-10-23-11-9-20/h4-7,15-16H,3,8-14H2,1-2H3/t15-/m0/s1. The predicted molar refractivity (Wildman–Crippen MR) is 93.4 cm³/mol. The van der Waals surface area contributed by atoms with E-state index < -0.39 is 0 Å². The van der Waals surface area contributed by atoms with Gasteiger partial charge in [-0.25, -0.2) is 0 Å². The first-order valence-electron chi connectivity index (χ1n) is 9.00. The van der Waals surface area contributed by atoms with Crippen LogP contribution in [-0.2, 0) is 9.53 Å². The normalized spacial score (nSPS) is 20.5. The van der Waals surface area contributed by atoms with E-state index in [9.17, 15) is 4.79 Å². The molecule has 0 N–H and O–H groups in total. The van der Waals surface area contributed by atoms with E-state index in [2.05, 4.69) is 24.8 Å². The van der Waals surface area contributed by atoms with E-state index >= 15 is 0 Å². The van der Waals surface area contributed by atoms with Crippen LogP contribution in [-0.4, -0.2) is 67.7 Å². The number of ether oxygens (including phenoxy) is 2. The lowest BCUT2D eigenvalue weighted by atomic mass is 9.98. The number of nitrogens with zero attached hydrogens (tertiary/aromatic N) is 2. The minimum Gasteiger partial charge on any atom is -0.483 e. The van der Waals surface area contributed by atoms with Gasteiger partial charge in [0.25, 0.3) is 5.91 Å². The molecule has 0 aliphatic carbocycles. The van der Waals surface area contributed by atoms with Crippen LogP contribution >= 0.6 is 0 Å². The van der Waals surface area contributed by atoms with Crippen LogP contribution in [0, 0.1) is 0 Å². The minimum atomic E-state index is 0.0819. The summed E-state index contributed by atoms with van der Waals surface area (Å²) in [5.41, 5.74) is 1.18. The molecule has 2 aliphatic rings. The van der Waals surface area contributed by atoms with Gasteiger partial charge in [-0.3, -0.25) is 9.69 Å². The second kappa shape index (κ2) is 7.99. The second-order valence-electron chi connectivity index (χ2n) is 6.74. The van der Waals surface area contributed by atoms with Crippen LogP contribution < -0.4 is 4.74 Å². The molecule has 24 heavy (non-hydrogen) atoms. The molecule has 2 aliphatic heterocycles. The molecule has 132 valence electrons. The number of hydrogen-bond donors (Lipinski definition) is 0. The molecule has 0 aromatic heterocycles. The Balaban J connectivity index is 1.47. The Bertz CT molecular complexity index is 551. The molecule has 2 heterocycles. The molecule has 1 amide bonds. The van der Waals surface area contributed by atoms with Gasteiger partial charge >= 0.3 is 0 Å². The summed E-state index contributed by atoms with van der Waals surface area (Å²) in [6, 6.07) is 8.53. The number of amides is 1. The van der Waals surface area contributed by atoms with Gasteiger partial charge in [-0.2, -0.15) is 0 Å². The smallest absolute Gasteiger partial charge is 0.260 e. The number of hydrogen-bond acceptors (Lipinski definition) is 4. The van der Waals surface area contributed by atoms with Crippen molar-refractivity contribution in [3.63, 3.8) is 0 Å². The summed E-state index contributed by atoms with van der Waals surface area (Å²) >= 11 is 0. The average Bonchev–Trinajstić information content (AvgIpc) is 2.59. The minimum absolute atomic E-state index is 0.0819. The van der Waals surface area contributed by atoms with Crippen LogP contribution in [0.25, 0.3) is 0 Å². The molecule has 0 bridgehead atoms. The number of likely N-dealkylation sites (tertiary alicyclic amines) is 1. The van der Waals surface area contributed by atoms with E-state index in [1.54, 1.807) is 0 Å². The van der Waals surface area contributed by atoms with Crippen molar-refractivity contribution in [3.8, 4) is 5.75 Å². The molecule has 5 nitrogen and oxygen atoms in total. The van der Waals surface area contributed by atoms with Gasteiger partial charge in [0.05, 0.1) is 13.2 Å². The Hall–Kier alpha value is -1.59. The summed E-state index contributed by atoms with van der Waals surface area (Å²) in [6.07, 6.45) is 1.06. The zero-order valence-corrected chi connectivity index (χ0v) is 14.7. The van der Waals surface area contributed by atoms with E-state index in [0.717, 1.165) is 51.6 Å². The first kappa shape index (κ1) is 17.2. The van der Waals surface area contributed by atoms with Crippen LogP contribution in [0.3, 0.4) is 0 Å². The highest BCUT2D eigenvalue weighted by Gasteiger charge is 2.35. The van der Waals surface area contributed by atoms with Gasteiger partial charge in [0.1, 0.15) is 5.75 Å². The molecule has 0 radical (unpaired) electrons. The Morgan fingerprint density at radius 1 is 1.29 bits per heavy atom. The lowest BCUT2D eigenvalue weighted by Crippen LogP contribution is -2.63. The van der Waals surface area contributed by atoms with Crippen LogP contribution in [0.5, 0.6) is 5.75 Å². The zero-order chi connectivity index (χ0) is 16.9. The SMILES string of the molecule is CC[C@H](C)c1ccccc1OCC(=O)N1CC(N2CCOCC2)C1. The van der Waals surface area contributed by atoms with Crippen molar-refractivity contribution in [2.75, 3.05) is 46.0 Å². The maximum atomic E-state index is 12.3. The van der Waals surface area contributed by atoms with Gasteiger partial charge in [0.2, 0.25) is 0 Å². The van der Waals surface area contributed by atoms with Gasteiger partial charge < -0.3 is 14.4 Å². The van der Waals surface area contributed by atoms with Gasteiger partial charge in [0.15, 0.2) is 6.61 Å². The van der Waals surface area contributed by atoms with E-state index in [1.165, 1.54) is 5.56 Å². The quantitative estimate of drug-likeness (QED) is 0.800. The highest BCUT2D eigenvalue weighted by Crippen LogP contribution is 2.28. The van der Waals surface area contributed by atoms with Crippen LogP contribution in [0.15, 0.2) is 24.3 Å². The maximum Gasteiger partial charge on any atom is 0.260 e. The van der Waals surface area contributed by atoms with E-state index in [4.69, 9.17) is 9.47 Å². The Morgan fingerprint density at radius 2 is 2.00 bits per heavy atom. The molecule has 1 atom stereocenters. The number of benzene rings is 1. The van der Waals surface area contributed by atoms with Crippen molar-refractivity contribution in [3.05, 3.63) is 29.8 Å². The highest BCUT2D eigenvalue weighted by atomic mass is 16.5. The predicted octanol–water partition coefficient (Wildman–Crippen LogP) is 2.12. The average molecular weight is 332 g/mol. The molecular formula is C19H28N2O3. The lowest BCUT2D eigenvalue weighted by Gasteiger charge is -2.46. The topological polar surface area (TPSA) is 42.0 Å². The number of morpholine rings is 1. The van der Waals surface area contributed by atoms with Crippen LogP contribution in [0.1, 0.15) is 31.7 Å². The fourth-order valence-corrected chi connectivity index (χ4v) is 3.30. The lowest BCUT2D eigenvalue weighted by molar-refractivity contribution is -0.142. The van der Waals surface area contributed by atoms with E-state index in [1.807, 2.05) is 23.1 Å². The van der Waals surface area contributed by atoms with E-state index in [-0.39, 0.29) is 12.5 Å². The molecule has 2 saturated heterocycles. The summed E-state index contributed by atoms with van der Waals surface area (Å²) in [4.78, 5) is 16.7. The second-order valence-corrected chi connectivity index (χ2v) is 6.74. The summed E-state index contributed by atoms with van der Waals surface area (Å²) in [7, 11) is 0. The van der Waals surface area contributed by atoms with Crippen LogP contribution in [0.4, 0.5) is 0 Å². The van der Waals surface area contributed by atoms with Gasteiger partial charge in [0, 0.05) is 32.2 Å². The Labute approximate surface area is 144 Å². The zero-order valence-electron chi connectivity index (χ0n) is 14.7. The third kappa shape index (κ3) is 3.90. The van der Waals surface area contributed by atoms with Crippen LogP contribution in [0.2, 0.25) is 0 Å². The van der Waals surface area contributed by atoms with Crippen molar-refractivity contribution in [2.45, 2.75) is 32.2 Å². The van der Waals surface area contributed by atoms with E-state index in [0.29, 0.717) is 12.0 Å². The number of rotatable bonds is 6. The molecular weight excluding hydrogens is 304 g/mol. The molecule has 3 rings (SSSR count). The molecule has 2 fully saturated rings. The first-order valence-corrected chi connectivity index (χ1v) is 9.00. The van der Waals surface area contributed by atoms with Crippen molar-refractivity contribution < 1.29 is 14.3 Å². The highest BCUT2D eigenvalue weighted by molar-refractivity contribution is 5.78. The molecule has 0 saturated carbocycles. The Morgan fingerprint density at radius 3 is 2.71 bits per heavy atom. The fourth-order valence-electron chi connectivity index (χ4n) is 3.30. The fraction of sp³-hybridized carbons (Fsp3) is 0.632.